The van der Waals surface area contributed by atoms with E-state index in [2.05, 4.69) is 15.9 Å². The van der Waals surface area contributed by atoms with Gasteiger partial charge in [-0.25, -0.2) is 18.0 Å². The van der Waals surface area contributed by atoms with Crippen molar-refractivity contribution in [2.24, 2.45) is 0 Å². The standard InChI is InChI=1S/C21H26BrNO6S/c1-21(2,3)29-20(25)23-12-17(13-6-5-8-30(26,27)9-7-13)15-10-14(22)11-16(18(15)23)19(24)28-4/h10-13H,5-9H2,1-4H3. The molecule has 30 heavy (non-hydrogen) atoms. The number of methoxy groups -OCH3 is 1. The van der Waals surface area contributed by atoms with Crippen molar-refractivity contribution in [2.45, 2.75) is 51.6 Å². The third-order valence-electron chi connectivity index (χ3n) is 5.12. The molecule has 7 nitrogen and oxygen atoms in total. The van der Waals surface area contributed by atoms with Crippen molar-refractivity contribution in [3.8, 4) is 0 Å². The van der Waals surface area contributed by atoms with E-state index in [4.69, 9.17) is 9.47 Å². The van der Waals surface area contributed by atoms with E-state index in [1.165, 1.54) is 11.7 Å². The molecular weight excluding hydrogens is 474 g/mol. The molecule has 2 aromatic rings. The molecule has 1 fully saturated rings. The van der Waals surface area contributed by atoms with Crippen LogP contribution in [0.2, 0.25) is 0 Å². The lowest BCUT2D eigenvalue weighted by molar-refractivity contribution is 0.0544. The second kappa shape index (κ2) is 8.34. The highest BCUT2D eigenvalue weighted by Gasteiger charge is 2.29. The van der Waals surface area contributed by atoms with Crippen molar-refractivity contribution in [3.05, 3.63) is 33.9 Å². The molecule has 1 aromatic heterocycles. The zero-order chi connectivity index (χ0) is 22.3. The Balaban J connectivity index is 2.22. The molecule has 1 aliphatic rings. The lowest BCUT2D eigenvalue weighted by atomic mass is 9.91. The van der Waals surface area contributed by atoms with Gasteiger partial charge < -0.3 is 9.47 Å². The maximum Gasteiger partial charge on any atom is 0.419 e. The van der Waals surface area contributed by atoms with Crippen molar-refractivity contribution in [2.75, 3.05) is 18.6 Å². The summed E-state index contributed by atoms with van der Waals surface area (Å²) in [6, 6.07) is 3.45. The van der Waals surface area contributed by atoms with Gasteiger partial charge in [0.25, 0.3) is 0 Å². The molecule has 1 atom stereocenters. The molecule has 0 radical (unpaired) electrons. The van der Waals surface area contributed by atoms with Crippen LogP contribution in [0.1, 0.15) is 61.9 Å². The number of halogens is 1. The van der Waals surface area contributed by atoms with Gasteiger partial charge >= 0.3 is 12.1 Å². The fraction of sp³-hybridized carbons (Fsp3) is 0.524. The summed E-state index contributed by atoms with van der Waals surface area (Å²) in [6.07, 6.45) is 2.79. The van der Waals surface area contributed by atoms with Crippen LogP contribution in [0.25, 0.3) is 10.9 Å². The molecular formula is C21H26BrNO6S. The van der Waals surface area contributed by atoms with E-state index in [1.54, 1.807) is 33.0 Å². The molecule has 3 rings (SSSR count). The number of ether oxygens (including phenoxy) is 2. The number of rotatable bonds is 2. The van der Waals surface area contributed by atoms with Crippen molar-refractivity contribution in [1.82, 2.24) is 4.57 Å². The Bertz CT molecular complexity index is 1100. The number of nitrogens with zero attached hydrogens (tertiary/aromatic N) is 1. The van der Waals surface area contributed by atoms with Gasteiger partial charge in [-0.2, -0.15) is 0 Å². The molecule has 1 saturated heterocycles. The highest BCUT2D eigenvalue weighted by Crippen LogP contribution is 2.38. The monoisotopic (exact) mass is 499 g/mol. The SMILES string of the molecule is COC(=O)c1cc(Br)cc2c(C3CCCS(=O)(=O)CC3)cn(C(=O)OC(C)(C)C)c12. The summed E-state index contributed by atoms with van der Waals surface area (Å²) in [6.45, 7) is 5.31. The van der Waals surface area contributed by atoms with Crippen LogP contribution < -0.4 is 0 Å². The van der Waals surface area contributed by atoms with E-state index in [-0.39, 0.29) is 23.0 Å². The third-order valence-corrected chi connectivity index (χ3v) is 7.34. The fourth-order valence-electron chi connectivity index (χ4n) is 3.83. The maximum absolute atomic E-state index is 13.0. The van der Waals surface area contributed by atoms with Gasteiger partial charge in [-0.15, -0.1) is 0 Å². The Labute approximate surface area is 184 Å². The number of fused-ring (bicyclic) bond motifs is 1. The van der Waals surface area contributed by atoms with Crippen molar-refractivity contribution >= 4 is 48.7 Å². The lowest BCUT2D eigenvalue weighted by Gasteiger charge is -2.20. The second-order valence-electron chi connectivity index (χ2n) is 8.56. The van der Waals surface area contributed by atoms with E-state index >= 15 is 0 Å². The summed E-state index contributed by atoms with van der Waals surface area (Å²) in [5, 5.41) is 0.708. The Hall–Kier alpha value is -1.87. The van der Waals surface area contributed by atoms with Gasteiger partial charge in [-0.05, 0) is 63.6 Å². The Morgan fingerprint density at radius 1 is 1.17 bits per heavy atom. The van der Waals surface area contributed by atoms with Gasteiger partial charge in [-0.1, -0.05) is 15.9 Å². The Morgan fingerprint density at radius 3 is 2.50 bits per heavy atom. The van der Waals surface area contributed by atoms with Crippen LogP contribution in [0.3, 0.4) is 0 Å². The van der Waals surface area contributed by atoms with E-state index in [0.717, 1.165) is 5.56 Å². The summed E-state index contributed by atoms with van der Waals surface area (Å²) in [5.74, 6) is -0.340. The molecule has 1 aromatic carbocycles. The molecule has 0 N–H and O–H groups in total. The first-order valence-electron chi connectivity index (χ1n) is 9.78. The number of carbonyl (C=O) groups is 2. The second-order valence-corrected chi connectivity index (χ2v) is 11.8. The molecule has 0 amide bonds. The number of sulfone groups is 1. The Kier molecular flexibility index (Phi) is 6.34. The minimum atomic E-state index is -3.06. The lowest BCUT2D eigenvalue weighted by Crippen LogP contribution is -2.27. The number of benzene rings is 1. The summed E-state index contributed by atoms with van der Waals surface area (Å²) in [4.78, 5) is 25.4. The van der Waals surface area contributed by atoms with E-state index < -0.39 is 27.5 Å². The molecule has 0 aliphatic carbocycles. The van der Waals surface area contributed by atoms with Crippen LogP contribution in [-0.2, 0) is 19.3 Å². The zero-order valence-electron chi connectivity index (χ0n) is 17.5. The zero-order valence-corrected chi connectivity index (χ0v) is 19.9. The highest BCUT2D eigenvalue weighted by molar-refractivity contribution is 9.10. The van der Waals surface area contributed by atoms with Crippen LogP contribution in [0.4, 0.5) is 4.79 Å². The molecule has 164 valence electrons. The first-order chi connectivity index (χ1) is 13.9. The van der Waals surface area contributed by atoms with Crippen LogP contribution in [0.15, 0.2) is 22.8 Å². The van der Waals surface area contributed by atoms with E-state index in [0.29, 0.717) is 34.6 Å². The van der Waals surface area contributed by atoms with Crippen LogP contribution in [0, 0.1) is 0 Å². The van der Waals surface area contributed by atoms with Gasteiger partial charge in [0.05, 0.1) is 29.7 Å². The summed E-state index contributed by atoms with van der Waals surface area (Å²) >= 11 is 3.44. The summed E-state index contributed by atoms with van der Waals surface area (Å²) < 4.78 is 36.6. The van der Waals surface area contributed by atoms with Crippen molar-refractivity contribution < 1.29 is 27.5 Å². The number of carbonyl (C=O) groups excluding carboxylic acids is 2. The summed E-state index contributed by atoms with van der Waals surface area (Å²) in [7, 11) is -1.78. The quantitative estimate of drug-likeness (QED) is 0.558. The first-order valence-corrected chi connectivity index (χ1v) is 12.4. The first kappa shape index (κ1) is 22.8. The normalized spacial score (nSPS) is 19.3. The molecule has 1 unspecified atom stereocenters. The minimum absolute atomic E-state index is 0.0479. The number of aromatic nitrogens is 1. The molecule has 1 aliphatic heterocycles. The van der Waals surface area contributed by atoms with E-state index in [1.807, 2.05) is 6.07 Å². The van der Waals surface area contributed by atoms with Crippen molar-refractivity contribution in [3.63, 3.8) is 0 Å². The minimum Gasteiger partial charge on any atom is -0.465 e. The highest BCUT2D eigenvalue weighted by atomic mass is 79.9. The Morgan fingerprint density at radius 2 is 1.87 bits per heavy atom. The number of hydrogen-bond acceptors (Lipinski definition) is 6. The van der Waals surface area contributed by atoms with Crippen molar-refractivity contribution in [1.29, 1.82) is 0 Å². The largest absolute Gasteiger partial charge is 0.465 e. The average Bonchev–Trinajstić information content (AvgIpc) is 2.91. The predicted octanol–water partition coefficient (Wildman–Crippen LogP) is 4.66. The van der Waals surface area contributed by atoms with Gasteiger partial charge in [0.2, 0.25) is 0 Å². The van der Waals surface area contributed by atoms with Gasteiger partial charge in [0.15, 0.2) is 0 Å². The molecule has 2 heterocycles. The van der Waals surface area contributed by atoms with Gasteiger partial charge in [0, 0.05) is 16.1 Å². The molecule has 0 saturated carbocycles. The predicted molar refractivity (Wildman–Crippen MR) is 118 cm³/mol. The third kappa shape index (κ3) is 4.88. The molecule has 9 heteroatoms. The fourth-order valence-corrected chi connectivity index (χ4v) is 5.74. The molecule has 0 bridgehead atoms. The smallest absolute Gasteiger partial charge is 0.419 e. The summed E-state index contributed by atoms with van der Waals surface area (Å²) in [5.41, 5.74) is 0.756. The van der Waals surface area contributed by atoms with Crippen LogP contribution in [0.5, 0.6) is 0 Å². The van der Waals surface area contributed by atoms with Gasteiger partial charge in [0.1, 0.15) is 15.4 Å². The topological polar surface area (TPSA) is 91.7 Å². The average molecular weight is 500 g/mol. The maximum atomic E-state index is 13.0. The van der Waals surface area contributed by atoms with Gasteiger partial charge in [-0.3, -0.25) is 4.57 Å². The van der Waals surface area contributed by atoms with Crippen LogP contribution in [-0.4, -0.2) is 49.3 Å². The van der Waals surface area contributed by atoms with E-state index in [9.17, 15) is 18.0 Å². The van der Waals surface area contributed by atoms with Crippen LogP contribution >= 0.6 is 15.9 Å². The molecule has 0 spiro atoms. The number of hydrogen-bond donors (Lipinski definition) is 0. The number of esters is 1.